The summed E-state index contributed by atoms with van der Waals surface area (Å²) < 4.78 is 28.8. The van der Waals surface area contributed by atoms with Gasteiger partial charge >= 0.3 is 0 Å². The topological polar surface area (TPSA) is 87.5 Å². The molecule has 0 saturated carbocycles. The number of imidazole rings is 1. The monoisotopic (exact) mass is 461 g/mol. The van der Waals surface area contributed by atoms with Crippen LogP contribution in [0.25, 0.3) is 0 Å². The highest BCUT2D eigenvalue weighted by Crippen LogP contribution is 2.23. The third kappa shape index (κ3) is 5.76. The lowest BCUT2D eigenvalue weighted by Crippen LogP contribution is -2.43. The minimum absolute atomic E-state index is 0.0112. The molecule has 1 N–H and O–H groups in total. The van der Waals surface area contributed by atoms with E-state index in [0.717, 1.165) is 25.2 Å². The van der Waals surface area contributed by atoms with E-state index < -0.39 is 10.0 Å². The molecule has 0 aliphatic carbocycles. The highest BCUT2D eigenvalue weighted by atomic mass is 32.2. The standard InChI is InChI=1S/C23H35N5O3S/c1-5-27(6-2)16-20-9-7-19(8-10-20)15-24-23(29)21-11-13-28(14-12-21)32(30,31)22-17-26(4)18(3)25-22/h7-10,17,21H,5-6,11-16H2,1-4H3,(H,24,29). The predicted octanol–water partition coefficient (Wildman–Crippen LogP) is 2.29. The Morgan fingerprint density at radius 3 is 2.25 bits per heavy atom. The lowest BCUT2D eigenvalue weighted by Gasteiger charge is -2.30. The van der Waals surface area contributed by atoms with Crippen LogP contribution in [0.5, 0.6) is 0 Å². The maximum atomic E-state index is 12.8. The summed E-state index contributed by atoms with van der Waals surface area (Å²) in [6.45, 7) is 10.2. The molecule has 1 aliphatic rings. The molecule has 1 saturated heterocycles. The van der Waals surface area contributed by atoms with Crippen molar-refractivity contribution in [2.24, 2.45) is 13.0 Å². The van der Waals surface area contributed by atoms with Gasteiger partial charge in [0.2, 0.25) is 5.91 Å². The molecule has 2 aromatic rings. The molecule has 2 heterocycles. The van der Waals surface area contributed by atoms with Gasteiger partial charge in [-0.05, 0) is 44.0 Å². The van der Waals surface area contributed by atoms with E-state index >= 15 is 0 Å². The Labute approximate surface area is 191 Å². The molecule has 0 bridgehead atoms. The molecule has 0 spiro atoms. The van der Waals surface area contributed by atoms with Crippen molar-refractivity contribution >= 4 is 15.9 Å². The zero-order valence-corrected chi connectivity index (χ0v) is 20.4. The second-order valence-electron chi connectivity index (χ2n) is 8.41. The fourth-order valence-corrected chi connectivity index (χ4v) is 5.44. The minimum Gasteiger partial charge on any atom is -0.352 e. The van der Waals surface area contributed by atoms with Crippen LogP contribution < -0.4 is 5.32 Å². The average molecular weight is 462 g/mol. The Balaban J connectivity index is 1.48. The van der Waals surface area contributed by atoms with Crippen molar-refractivity contribution in [1.82, 2.24) is 24.1 Å². The number of aryl methyl sites for hydroxylation is 2. The summed E-state index contributed by atoms with van der Waals surface area (Å²) in [6.07, 6.45) is 2.57. The van der Waals surface area contributed by atoms with Gasteiger partial charge in [-0.15, -0.1) is 0 Å². The van der Waals surface area contributed by atoms with Crippen molar-refractivity contribution in [2.45, 2.75) is 51.7 Å². The summed E-state index contributed by atoms with van der Waals surface area (Å²) in [7, 11) is -1.84. The molecule has 176 valence electrons. The first-order valence-corrected chi connectivity index (χ1v) is 12.8. The summed E-state index contributed by atoms with van der Waals surface area (Å²) in [5.74, 6) is 0.468. The summed E-state index contributed by atoms with van der Waals surface area (Å²) in [5.41, 5.74) is 2.33. The summed E-state index contributed by atoms with van der Waals surface area (Å²) >= 11 is 0. The number of aromatic nitrogens is 2. The molecular weight excluding hydrogens is 426 g/mol. The van der Waals surface area contributed by atoms with Crippen LogP contribution in [-0.2, 0) is 35.0 Å². The molecule has 0 radical (unpaired) electrons. The highest BCUT2D eigenvalue weighted by Gasteiger charge is 2.33. The molecule has 0 unspecified atom stereocenters. The van der Waals surface area contributed by atoms with Gasteiger partial charge in [-0.3, -0.25) is 9.69 Å². The molecule has 1 aliphatic heterocycles. The molecule has 1 fully saturated rings. The number of carbonyl (C=O) groups excluding carboxylic acids is 1. The Hall–Kier alpha value is -2.23. The number of sulfonamides is 1. The van der Waals surface area contributed by atoms with Crippen molar-refractivity contribution in [2.75, 3.05) is 26.2 Å². The Morgan fingerprint density at radius 2 is 1.72 bits per heavy atom. The number of carbonyl (C=O) groups is 1. The second-order valence-corrected chi connectivity index (χ2v) is 10.3. The molecule has 3 rings (SSSR count). The van der Waals surface area contributed by atoms with Crippen LogP contribution in [0.4, 0.5) is 0 Å². The fourth-order valence-electron chi connectivity index (χ4n) is 3.94. The van der Waals surface area contributed by atoms with Gasteiger partial charge in [0.25, 0.3) is 10.0 Å². The van der Waals surface area contributed by atoms with Gasteiger partial charge in [0, 0.05) is 45.3 Å². The minimum atomic E-state index is -3.62. The number of piperidine rings is 1. The van der Waals surface area contributed by atoms with E-state index in [2.05, 4.69) is 53.3 Å². The van der Waals surface area contributed by atoms with E-state index in [9.17, 15) is 13.2 Å². The van der Waals surface area contributed by atoms with Gasteiger partial charge < -0.3 is 9.88 Å². The second kappa shape index (κ2) is 10.6. The maximum Gasteiger partial charge on any atom is 0.262 e. The van der Waals surface area contributed by atoms with Crippen LogP contribution >= 0.6 is 0 Å². The third-order valence-corrected chi connectivity index (χ3v) is 8.08. The van der Waals surface area contributed by atoms with Crippen LogP contribution in [0.1, 0.15) is 43.6 Å². The number of nitrogens with zero attached hydrogens (tertiary/aromatic N) is 4. The van der Waals surface area contributed by atoms with Crippen molar-refractivity contribution in [3.05, 3.63) is 47.4 Å². The fraction of sp³-hybridized carbons (Fsp3) is 0.565. The van der Waals surface area contributed by atoms with E-state index in [1.807, 2.05) is 0 Å². The zero-order valence-electron chi connectivity index (χ0n) is 19.5. The Kier molecular flexibility index (Phi) is 8.08. The number of nitrogens with one attached hydrogen (secondary N) is 1. The van der Waals surface area contributed by atoms with E-state index in [1.54, 1.807) is 18.5 Å². The molecule has 0 atom stereocenters. The third-order valence-electron chi connectivity index (χ3n) is 6.31. The van der Waals surface area contributed by atoms with Gasteiger partial charge in [0.05, 0.1) is 0 Å². The summed E-state index contributed by atoms with van der Waals surface area (Å²) in [5, 5.41) is 3.09. The molecular formula is C23H35N5O3S. The number of hydrogen-bond acceptors (Lipinski definition) is 5. The van der Waals surface area contributed by atoms with Crippen molar-refractivity contribution in [3.8, 4) is 0 Å². The van der Waals surface area contributed by atoms with Crippen LogP contribution in [0, 0.1) is 12.8 Å². The molecule has 32 heavy (non-hydrogen) atoms. The number of benzene rings is 1. The smallest absolute Gasteiger partial charge is 0.262 e. The van der Waals surface area contributed by atoms with Crippen molar-refractivity contribution < 1.29 is 13.2 Å². The van der Waals surface area contributed by atoms with Gasteiger partial charge in [0.1, 0.15) is 5.82 Å². The summed E-state index contributed by atoms with van der Waals surface area (Å²) in [6, 6.07) is 8.34. The molecule has 9 heteroatoms. The molecule has 8 nitrogen and oxygen atoms in total. The lowest BCUT2D eigenvalue weighted by atomic mass is 9.97. The van der Waals surface area contributed by atoms with E-state index in [4.69, 9.17) is 0 Å². The maximum absolute atomic E-state index is 12.8. The van der Waals surface area contributed by atoms with E-state index in [-0.39, 0.29) is 16.9 Å². The van der Waals surface area contributed by atoms with Crippen LogP contribution in [0.2, 0.25) is 0 Å². The van der Waals surface area contributed by atoms with E-state index in [1.165, 1.54) is 16.1 Å². The van der Waals surface area contributed by atoms with E-state index in [0.29, 0.717) is 38.3 Å². The Bertz CT molecular complexity index is 985. The largest absolute Gasteiger partial charge is 0.352 e. The quantitative estimate of drug-likeness (QED) is 0.619. The highest BCUT2D eigenvalue weighted by molar-refractivity contribution is 7.89. The average Bonchev–Trinajstić information content (AvgIpc) is 3.15. The SMILES string of the molecule is CCN(CC)Cc1ccc(CNC(=O)C2CCN(S(=O)(=O)c3cn(C)c(C)n3)CC2)cc1. The van der Waals surface area contributed by atoms with Crippen LogP contribution in [0.15, 0.2) is 35.5 Å². The molecule has 1 amide bonds. The van der Waals surface area contributed by atoms with Gasteiger partial charge in [-0.1, -0.05) is 38.1 Å². The van der Waals surface area contributed by atoms with Crippen LogP contribution in [-0.4, -0.2) is 59.3 Å². The van der Waals surface area contributed by atoms with Gasteiger partial charge in [0.15, 0.2) is 5.03 Å². The van der Waals surface area contributed by atoms with Crippen molar-refractivity contribution in [3.63, 3.8) is 0 Å². The van der Waals surface area contributed by atoms with Gasteiger partial charge in [-0.25, -0.2) is 13.4 Å². The number of rotatable bonds is 9. The van der Waals surface area contributed by atoms with Crippen LogP contribution in [0.3, 0.4) is 0 Å². The first kappa shape index (κ1) is 24.4. The Morgan fingerprint density at radius 1 is 1.12 bits per heavy atom. The first-order valence-electron chi connectivity index (χ1n) is 11.3. The molecule has 1 aromatic carbocycles. The van der Waals surface area contributed by atoms with Gasteiger partial charge in [-0.2, -0.15) is 4.31 Å². The zero-order chi connectivity index (χ0) is 23.3. The molecule has 1 aromatic heterocycles. The first-order chi connectivity index (χ1) is 15.2. The lowest BCUT2D eigenvalue weighted by molar-refractivity contribution is -0.126. The number of hydrogen-bond donors (Lipinski definition) is 1. The normalized spacial score (nSPS) is 15.9. The predicted molar refractivity (Wildman–Crippen MR) is 124 cm³/mol. The van der Waals surface area contributed by atoms with Crippen molar-refractivity contribution in [1.29, 1.82) is 0 Å². The summed E-state index contributed by atoms with van der Waals surface area (Å²) in [4.78, 5) is 19.2. The number of amides is 1.